The number of hydrogen-bond donors (Lipinski definition) is 5. The first kappa shape index (κ1) is 41.7. The van der Waals surface area contributed by atoms with Crippen molar-refractivity contribution in [3.8, 4) is 16.2 Å². The number of hydrogen-bond acceptors (Lipinski definition) is 10. The van der Waals surface area contributed by atoms with Crippen LogP contribution >= 0.6 is 11.3 Å². The Hall–Kier alpha value is -3.46. The summed E-state index contributed by atoms with van der Waals surface area (Å²) in [7, 11) is 2.97. The van der Waals surface area contributed by atoms with Crippen molar-refractivity contribution in [3.05, 3.63) is 35.0 Å². The minimum absolute atomic E-state index is 0.128. The molecule has 49 heavy (non-hydrogen) atoms. The number of carbonyl (C=O) groups excluding carboxylic acids is 4. The van der Waals surface area contributed by atoms with Crippen molar-refractivity contribution in [3.63, 3.8) is 0 Å². The normalized spacial score (nSPS) is 16.7. The zero-order valence-electron chi connectivity index (χ0n) is 29.8. The van der Waals surface area contributed by atoms with Crippen molar-refractivity contribution >= 4 is 35.3 Å². The molecule has 0 spiro atoms. The van der Waals surface area contributed by atoms with Gasteiger partial charge in [-0.05, 0) is 82.6 Å². The predicted octanol–water partition coefficient (Wildman–Crippen LogP) is 3.28. The molecule has 1 aromatic heterocycles. The van der Waals surface area contributed by atoms with E-state index in [0.29, 0.717) is 37.0 Å². The van der Waals surface area contributed by atoms with Gasteiger partial charge < -0.3 is 36.4 Å². The number of aliphatic hydroxyl groups excluding tert-OH is 1. The third-order valence-electron chi connectivity index (χ3n) is 8.29. The number of nitrogens with one attached hydrogen (secondary N) is 3. The van der Waals surface area contributed by atoms with Crippen LogP contribution in [-0.4, -0.2) is 97.1 Å². The van der Waals surface area contributed by atoms with Gasteiger partial charge in [0.25, 0.3) is 5.91 Å². The molecule has 1 aromatic carbocycles. The van der Waals surface area contributed by atoms with Crippen molar-refractivity contribution in [1.29, 1.82) is 0 Å². The van der Waals surface area contributed by atoms with Gasteiger partial charge in [-0.2, -0.15) is 0 Å². The molecule has 3 amide bonds. The number of unbranched alkanes of at least 4 members (excludes halogenated alkanes) is 2. The number of nitrogens with zero attached hydrogens (tertiary/aromatic N) is 2. The summed E-state index contributed by atoms with van der Waals surface area (Å²) >= 11 is 1.50. The molecule has 12 nitrogen and oxygen atoms in total. The highest BCUT2D eigenvalue weighted by Crippen LogP contribution is 2.40. The van der Waals surface area contributed by atoms with Gasteiger partial charge >= 0.3 is 0 Å². The fourth-order valence-electron chi connectivity index (χ4n) is 5.32. The maximum absolute atomic E-state index is 14.4. The number of halogens is 1. The number of thiazole rings is 1. The minimum atomic E-state index is -1.90. The second kappa shape index (κ2) is 20.3. The molecule has 1 aliphatic heterocycles. The van der Waals surface area contributed by atoms with E-state index < -0.39 is 35.0 Å². The van der Waals surface area contributed by atoms with Gasteiger partial charge in [0.2, 0.25) is 11.8 Å². The quantitative estimate of drug-likeness (QED) is 0.138. The molecule has 274 valence electrons. The summed E-state index contributed by atoms with van der Waals surface area (Å²) in [6.45, 7) is 9.66. The van der Waals surface area contributed by atoms with Gasteiger partial charge in [-0.25, -0.2) is 9.37 Å². The Balaban J connectivity index is 0.000000732. The van der Waals surface area contributed by atoms with Crippen molar-refractivity contribution in [1.82, 2.24) is 25.8 Å². The minimum Gasteiger partial charge on any atom is -0.486 e. The molecule has 14 heteroatoms. The zero-order chi connectivity index (χ0) is 36.6. The number of amides is 3. The van der Waals surface area contributed by atoms with Crippen LogP contribution in [0.15, 0.2) is 23.7 Å². The van der Waals surface area contributed by atoms with E-state index in [0.717, 1.165) is 36.3 Å². The van der Waals surface area contributed by atoms with Gasteiger partial charge in [0.05, 0.1) is 16.1 Å². The number of likely N-dealkylation sites (tertiary alicyclic amines) is 1. The first-order valence-corrected chi connectivity index (χ1v) is 17.7. The first-order chi connectivity index (χ1) is 23.4. The van der Waals surface area contributed by atoms with Crippen molar-refractivity contribution in [2.45, 2.75) is 96.9 Å². The average Bonchev–Trinajstić information content (AvgIpc) is 3.44. The number of rotatable bonds is 15. The monoisotopic (exact) mass is 706 g/mol. The summed E-state index contributed by atoms with van der Waals surface area (Å²) in [5, 5.41) is 15.6. The van der Waals surface area contributed by atoms with E-state index in [4.69, 9.17) is 15.6 Å². The predicted molar refractivity (Wildman–Crippen MR) is 190 cm³/mol. The number of aldehydes is 1. The van der Waals surface area contributed by atoms with Crippen LogP contribution in [0.25, 0.3) is 10.4 Å². The summed E-state index contributed by atoms with van der Waals surface area (Å²) in [5.41, 5.74) is 6.94. The lowest BCUT2D eigenvalue weighted by Crippen LogP contribution is -2.58. The second-order valence-corrected chi connectivity index (χ2v) is 14.0. The van der Waals surface area contributed by atoms with Crippen LogP contribution in [0.3, 0.4) is 0 Å². The van der Waals surface area contributed by atoms with Gasteiger partial charge in [0.1, 0.15) is 24.4 Å². The maximum atomic E-state index is 14.4. The third kappa shape index (κ3) is 12.4. The fourth-order valence-corrected chi connectivity index (χ4v) is 6.12. The van der Waals surface area contributed by atoms with Gasteiger partial charge in [0, 0.05) is 25.8 Å². The summed E-state index contributed by atoms with van der Waals surface area (Å²) in [5.74, 6) is -1.01. The number of aliphatic hydroxyl groups is 1. The third-order valence-corrected chi connectivity index (χ3v) is 9.27. The van der Waals surface area contributed by atoms with Crippen molar-refractivity contribution < 1.29 is 33.4 Å². The molecular weight excluding hydrogens is 651 g/mol. The number of alkyl halides is 1. The Morgan fingerprint density at radius 1 is 1.22 bits per heavy atom. The van der Waals surface area contributed by atoms with Crippen LogP contribution in [0.1, 0.15) is 77.0 Å². The number of aryl methyl sites for hydroxylation is 1. The van der Waals surface area contributed by atoms with Crippen LogP contribution in [-0.2, 0) is 25.7 Å². The Morgan fingerprint density at radius 2 is 1.94 bits per heavy atom. The van der Waals surface area contributed by atoms with E-state index >= 15 is 0 Å². The number of benzene rings is 1. The van der Waals surface area contributed by atoms with Crippen molar-refractivity contribution in [2.24, 2.45) is 11.1 Å². The standard InChI is InChI=1S/C28H35FN4O5S.C6H16N2.CH4O/c1-17-22(39-16-31-17)18-7-8-19(21(14-18)38-13-12-34)15-30-24(35)20-6-5-11-33(20)25(36)23(27(2,3)4)32-26(37)28(29)9-10-28;1-8-6-4-2-3-5-7;1-2/h7-8,12,14,16,20,23H,5-6,9-11,13,15H2,1-4H3,(H,30,35)(H,32,37);8H,2-7H2,1H3;2H,1H3. The molecule has 2 aliphatic rings. The average molecular weight is 707 g/mol. The maximum Gasteiger partial charge on any atom is 0.258 e. The highest BCUT2D eigenvalue weighted by atomic mass is 32.1. The summed E-state index contributed by atoms with van der Waals surface area (Å²) in [4.78, 5) is 57.0. The molecule has 2 aromatic rings. The molecule has 1 aliphatic carbocycles. The Kier molecular flexibility index (Phi) is 17.3. The van der Waals surface area contributed by atoms with Crippen LogP contribution in [0.4, 0.5) is 4.39 Å². The molecule has 1 saturated carbocycles. The van der Waals surface area contributed by atoms with E-state index in [-0.39, 0.29) is 31.9 Å². The molecule has 2 atom stereocenters. The van der Waals surface area contributed by atoms with Gasteiger partial charge in [0.15, 0.2) is 12.0 Å². The molecule has 2 unspecified atom stereocenters. The van der Waals surface area contributed by atoms with E-state index in [1.54, 1.807) is 26.3 Å². The lowest BCUT2D eigenvalue weighted by Gasteiger charge is -2.35. The molecule has 2 fully saturated rings. The molecule has 0 radical (unpaired) electrons. The summed E-state index contributed by atoms with van der Waals surface area (Å²) in [6, 6.07) is 3.90. The first-order valence-electron chi connectivity index (χ1n) is 16.8. The number of carbonyl (C=O) groups is 4. The lowest BCUT2D eigenvalue weighted by molar-refractivity contribution is -0.144. The lowest BCUT2D eigenvalue weighted by atomic mass is 9.85. The smallest absolute Gasteiger partial charge is 0.258 e. The summed E-state index contributed by atoms with van der Waals surface area (Å²) < 4.78 is 20.0. The molecular formula is C35H55FN6O6S. The highest BCUT2D eigenvalue weighted by molar-refractivity contribution is 7.13. The molecule has 6 N–H and O–H groups in total. The van der Waals surface area contributed by atoms with Crippen molar-refractivity contribution in [2.75, 3.05) is 40.4 Å². The number of aromatic nitrogens is 1. The topological polar surface area (TPSA) is 176 Å². The Morgan fingerprint density at radius 3 is 2.51 bits per heavy atom. The van der Waals surface area contributed by atoms with Crippen LogP contribution in [0.5, 0.6) is 5.75 Å². The van der Waals surface area contributed by atoms with Crippen LogP contribution in [0, 0.1) is 12.3 Å². The number of ether oxygens (including phenoxy) is 1. The Bertz CT molecular complexity index is 1360. The van der Waals surface area contributed by atoms with E-state index in [1.165, 1.54) is 35.5 Å². The van der Waals surface area contributed by atoms with Gasteiger partial charge in [-0.1, -0.05) is 39.3 Å². The summed E-state index contributed by atoms with van der Waals surface area (Å²) in [6.07, 6.45) is 5.77. The van der Waals surface area contributed by atoms with Gasteiger partial charge in [-0.3, -0.25) is 19.2 Å². The van der Waals surface area contributed by atoms with E-state index in [2.05, 4.69) is 20.9 Å². The molecule has 4 rings (SSSR count). The SMILES string of the molecule is CNCCCCCN.CO.Cc1ncsc1-c1ccc(CNC(=O)C2CCCN2C(=O)C(NC(=O)C2(F)CC2)C(C)(C)C)c(OCC=O)c1. The molecule has 0 bridgehead atoms. The van der Waals surface area contributed by atoms with E-state index in [9.17, 15) is 23.6 Å². The highest BCUT2D eigenvalue weighted by Gasteiger charge is 2.53. The van der Waals surface area contributed by atoms with Crippen LogP contribution < -0.4 is 26.4 Å². The second-order valence-electron chi connectivity index (χ2n) is 13.2. The van der Waals surface area contributed by atoms with Gasteiger partial charge in [-0.15, -0.1) is 11.3 Å². The molecule has 2 heterocycles. The largest absolute Gasteiger partial charge is 0.486 e. The van der Waals surface area contributed by atoms with Crippen LogP contribution in [0.2, 0.25) is 0 Å². The fraction of sp³-hybridized carbons (Fsp3) is 0.629. The zero-order valence-corrected chi connectivity index (χ0v) is 30.6. The molecule has 1 saturated heterocycles. The van der Waals surface area contributed by atoms with E-state index in [1.807, 2.05) is 32.2 Å². The Labute approximate surface area is 293 Å². The number of nitrogens with two attached hydrogens (primary N) is 1.